The summed E-state index contributed by atoms with van der Waals surface area (Å²) in [6.07, 6.45) is 7.81. The molecule has 0 aromatic heterocycles. The predicted octanol–water partition coefficient (Wildman–Crippen LogP) is 1.14. The maximum atomic E-state index is 12.4. The van der Waals surface area contributed by atoms with E-state index in [0.717, 1.165) is 64.9 Å². The largest absolute Gasteiger partial charge is 0.385 e. The number of carbonyl (C=O) groups excluding carboxylic acids is 1. The molecule has 0 aromatic rings. The smallest absolute Gasteiger partial charge is 0.237 e. The number of carbonyl (C=O) groups is 1. The number of amides is 1. The highest BCUT2D eigenvalue weighted by Crippen LogP contribution is 2.24. The minimum absolute atomic E-state index is 0.118. The highest BCUT2D eigenvalue weighted by Gasteiger charge is 2.35. The Morgan fingerprint density at radius 2 is 2.05 bits per heavy atom. The summed E-state index contributed by atoms with van der Waals surface area (Å²) in [7, 11) is 1.73. The van der Waals surface area contributed by atoms with E-state index in [4.69, 9.17) is 4.74 Å². The van der Waals surface area contributed by atoms with Crippen LogP contribution in [-0.4, -0.2) is 62.8 Å². The van der Waals surface area contributed by atoms with Crippen molar-refractivity contribution >= 4 is 5.91 Å². The van der Waals surface area contributed by atoms with E-state index in [9.17, 15) is 4.79 Å². The molecule has 2 heterocycles. The first-order valence-corrected chi connectivity index (χ1v) is 8.56. The Kier molecular flexibility index (Phi) is 7.47. The van der Waals surface area contributed by atoms with Crippen molar-refractivity contribution in [1.82, 2.24) is 15.5 Å². The molecule has 0 spiro atoms. The quantitative estimate of drug-likeness (QED) is 0.660. The van der Waals surface area contributed by atoms with Crippen molar-refractivity contribution in [2.24, 2.45) is 0 Å². The van der Waals surface area contributed by atoms with Crippen LogP contribution in [0.3, 0.4) is 0 Å². The van der Waals surface area contributed by atoms with E-state index in [0.29, 0.717) is 6.04 Å². The molecule has 1 unspecified atom stereocenters. The summed E-state index contributed by atoms with van der Waals surface area (Å²) in [5, 5.41) is 6.54. The Bertz CT molecular complexity index is 306. The Balaban J connectivity index is 1.68. The van der Waals surface area contributed by atoms with E-state index >= 15 is 0 Å². The van der Waals surface area contributed by atoms with Gasteiger partial charge in [0.15, 0.2) is 0 Å². The number of ether oxygens (including phenoxy) is 1. The monoisotopic (exact) mass is 297 g/mol. The van der Waals surface area contributed by atoms with Gasteiger partial charge in [0.25, 0.3) is 0 Å². The molecule has 0 aromatic carbocycles. The van der Waals surface area contributed by atoms with Crippen molar-refractivity contribution in [3.63, 3.8) is 0 Å². The molecule has 5 nitrogen and oxygen atoms in total. The first-order valence-electron chi connectivity index (χ1n) is 8.56. The zero-order valence-corrected chi connectivity index (χ0v) is 13.4. The van der Waals surface area contributed by atoms with Crippen LogP contribution >= 0.6 is 0 Å². The fraction of sp³-hybridized carbons (Fsp3) is 0.938. The molecule has 2 rings (SSSR count). The molecule has 0 radical (unpaired) electrons. The number of nitrogens with one attached hydrogen (secondary N) is 2. The average Bonchev–Trinajstić information content (AvgIpc) is 3.01. The normalized spacial score (nSPS) is 24.3. The Morgan fingerprint density at radius 1 is 1.24 bits per heavy atom. The molecule has 0 aliphatic carbocycles. The Labute approximate surface area is 128 Å². The molecule has 122 valence electrons. The van der Waals surface area contributed by atoms with E-state index in [2.05, 4.69) is 15.5 Å². The number of methoxy groups -OCH3 is 1. The molecule has 1 atom stereocenters. The fourth-order valence-electron chi connectivity index (χ4n) is 3.52. The van der Waals surface area contributed by atoms with Crippen LogP contribution in [-0.2, 0) is 9.53 Å². The van der Waals surface area contributed by atoms with Crippen molar-refractivity contribution in [3.8, 4) is 0 Å². The van der Waals surface area contributed by atoms with E-state index in [1.807, 2.05) is 0 Å². The number of nitrogens with zero attached hydrogens (tertiary/aromatic N) is 1. The molecule has 2 aliphatic rings. The summed E-state index contributed by atoms with van der Waals surface area (Å²) in [6.45, 7) is 4.90. The van der Waals surface area contributed by atoms with Gasteiger partial charge < -0.3 is 15.4 Å². The third-order valence-electron chi connectivity index (χ3n) is 4.70. The van der Waals surface area contributed by atoms with Crippen molar-refractivity contribution < 1.29 is 9.53 Å². The molecule has 5 heteroatoms. The molecule has 1 amide bonds. The number of hydrogen-bond acceptors (Lipinski definition) is 4. The van der Waals surface area contributed by atoms with Crippen LogP contribution in [0, 0.1) is 0 Å². The zero-order chi connectivity index (χ0) is 14.9. The van der Waals surface area contributed by atoms with Gasteiger partial charge in [-0.25, -0.2) is 0 Å². The standard InChI is InChI=1S/C16H31N3O2/c1-21-13-4-2-3-9-18-16(20)15-6-5-12-19(15)14-7-10-17-11-8-14/h14-15,17H,2-13H2,1H3,(H,18,20). The molecule has 0 bridgehead atoms. The zero-order valence-electron chi connectivity index (χ0n) is 13.4. The molecule has 21 heavy (non-hydrogen) atoms. The first kappa shape index (κ1) is 16.7. The fourth-order valence-corrected chi connectivity index (χ4v) is 3.52. The van der Waals surface area contributed by atoms with Crippen LogP contribution in [0.5, 0.6) is 0 Å². The number of hydrogen-bond donors (Lipinski definition) is 2. The highest BCUT2D eigenvalue weighted by molar-refractivity contribution is 5.82. The van der Waals surface area contributed by atoms with Gasteiger partial charge in [0.05, 0.1) is 6.04 Å². The Hall–Kier alpha value is -0.650. The second-order valence-electron chi connectivity index (χ2n) is 6.22. The molecular weight excluding hydrogens is 266 g/mol. The van der Waals surface area contributed by atoms with Crippen LogP contribution in [0.25, 0.3) is 0 Å². The van der Waals surface area contributed by atoms with Crippen molar-refractivity contribution in [3.05, 3.63) is 0 Å². The number of likely N-dealkylation sites (tertiary alicyclic amines) is 1. The minimum Gasteiger partial charge on any atom is -0.385 e. The van der Waals surface area contributed by atoms with Crippen LogP contribution in [0.4, 0.5) is 0 Å². The molecule has 0 saturated carbocycles. The van der Waals surface area contributed by atoms with E-state index in [1.54, 1.807) is 7.11 Å². The van der Waals surface area contributed by atoms with Gasteiger partial charge in [-0.15, -0.1) is 0 Å². The van der Waals surface area contributed by atoms with Gasteiger partial charge in [-0.1, -0.05) is 0 Å². The summed E-state index contributed by atoms with van der Waals surface area (Å²) in [4.78, 5) is 14.9. The number of unbranched alkanes of at least 4 members (excludes halogenated alkanes) is 2. The Morgan fingerprint density at radius 3 is 2.81 bits per heavy atom. The molecule has 2 aliphatic heterocycles. The summed E-state index contributed by atoms with van der Waals surface area (Å²) in [5.41, 5.74) is 0. The maximum absolute atomic E-state index is 12.4. The summed E-state index contributed by atoms with van der Waals surface area (Å²) in [6, 6.07) is 0.721. The van der Waals surface area contributed by atoms with Crippen LogP contribution in [0.1, 0.15) is 44.9 Å². The molecular formula is C16H31N3O2. The van der Waals surface area contributed by atoms with Crippen molar-refractivity contribution in [1.29, 1.82) is 0 Å². The summed E-state index contributed by atoms with van der Waals surface area (Å²) >= 11 is 0. The van der Waals surface area contributed by atoms with Gasteiger partial charge >= 0.3 is 0 Å². The lowest BCUT2D eigenvalue weighted by molar-refractivity contribution is -0.126. The van der Waals surface area contributed by atoms with Gasteiger partial charge in [-0.2, -0.15) is 0 Å². The predicted molar refractivity (Wildman–Crippen MR) is 84.4 cm³/mol. The van der Waals surface area contributed by atoms with E-state index in [1.165, 1.54) is 12.8 Å². The number of rotatable bonds is 8. The average molecular weight is 297 g/mol. The molecule has 2 fully saturated rings. The topological polar surface area (TPSA) is 53.6 Å². The van der Waals surface area contributed by atoms with Gasteiger partial charge in [-0.05, 0) is 64.6 Å². The first-order chi connectivity index (χ1) is 10.3. The van der Waals surface area contributed by atoms with E-state index in [-0.39, 0.29) is 11.9 Å². The lowest BCUT2D eigenvalue weighted by atomic mass is 10.0. The third kappa shape index (κ3) is 5.24. The SMILES string of the molecule is COCCCCCNC(=O)C1CCCN1C1CCNCC1. The van der Waals surface area contributed by atoms with Crippen molar-refractivity contribution in [2.45, 2.75) is 57.0 Å². The minimum atomic E-state index is 0.118. The lowest BCUT2D eigenvalue weighted by Gasteiger charge is -2.35. The van der Waals surface area contributed by atoms with Gasteiger partial charge in [-0.3, -0.25) is 9.69 Å². The van der Waals surface area contributed by atoms with Crippen LogP contribution in [0.15, 0.2) is 0 Å². The van der Waals surface area contributed by atoms with E-state index < -0.39 is 0 Å². The molecule has 2 N–H and O–H groups in total. The highest BCUT2D eigenvalue weighted by atomic mass is 16.5. The van der Waals surface area contributed by atoms with Crippen molar-refractivity contribution in [2.75, 3.05) is 39.9 Å². The van der Waals surface area contributed by atoms with Crippen LogP contribution in [0.2, 0.25) is 0 Å². The molecule has 2 saturated heterocycles. The van der Waals surface area contributed by atoms with Gasteiger partial charge in [0.1, 0.15) is 0 Å². The van der Waals surface area contributed by atoms with Crippen LogP contribution < -0.4 is 10.6 Å². The second-order valence-corrected chi connectivity index (χ2v) is 6.22. The summed E-state index contributed by atoms with van der Waals surface area (Å²) in [5.74, 6) is 0.248. The maximum Gasteiger partial charge on any atom is 0.237 e. The number of piperidine rings is 1. The second kappa shape index (κ2) is 9.38. The van der Waals surface area contributed by atoms with Gasteiger partial charge in [0, 0.05) is 26.3 Å². The summed E-state index contributed by atoms with van der Waals surface area (Å²) < 4.78 is 5.03. The van der Waals surface area contributed by atoms with Gasteiger partial charge in [0.2, 0.25) is 5.91 Å². The lowest BCUT2D eigenvalue weighted by Crippen LogP contribution is -2.50. The third-order valence-corrected chi connectivity index (χ3v) is 4.70.